The molecule has 0 heterocycles. The van der Waals surface area contributed by atoms with Crippen LogP contribution in [0.25, 0.3) is 11.1 Å². The zero-order valence-electron chi connectivity index (χ0n) is 15.5. The van der Waals surface area contributed by atoms with Crippen LogP contribution in [0.1, 0.15) is 65.2 Å². The summed E-state index contributed by atoms with van der Waals surface area (Å²) in [5.74, 6) is 6.06. The zero-order chi connectivity index (χ0) is 17.3. The van der Waals surface area contributed by atoms with Crippen molar-refractivity contribution in [3.8, 4) is 23.0 Å². The Balaban J connectivity index is 2.58. The summed E-state index contributed by atoms with van der Waals surface area (Å²) in [5.41, 5.74) is 6.67. The Kier molecular flexibility index (Phi) is 4.71. The van der Waals surface area contributed by atoms with Crippen LogP contribution in [0.4, 0.5) is 0 Å². The lowest BCUT2D eigenvalue weighted by Gasteiger charge is -2.26. The van der Waals surface area contributed by atoms with Gasteiger partial charge in [0.15, 0.2) is 0 Å². The van der Waals surface area contributed by atoms with Crippen molar-refractivity contribution in [2.45, 2.75) is 59.3 Å². The summed E-state index contributed by atoms with van der Waals surface area (Å²) in [6.07, 6.45) is 0. The third-order valence-electron chi connectivity index (χ3n) is 4.15. The molecule has 0 nitrogen and oxygen atoms in total. The molecule has 0 saturated carbocycles. The van der Waals surface area contributed by atoms with Gasteiger partial charge in [-0.1, -0.05) is 77.8 Å². The molecule has 0 spiro atoms. The molecule has 0 aromatic heterocycles. The topological polar surface area (TPSA) is 0 Å². The molecular weight excluding hydrogens is 276 g/mol. The molecule has 0 bridgehead atoms. The lowest BCUT2D eigenvalue weighted by atomic mass is 9.79. The van der Waals surface area contributed by atoms with Crippen LogP contribution in [0.2, 0.25) is 0 Å². The van der Waals surface area contributed by atoms with E-state index >= 15 is 0 Å². The molecule has 0 N–H and O–H groups in total. The largest absolute Gasteiger partial charge is 0.101 e. The Hall–Kier alpha value is -2.00. The SMILES string of the molecule is CC#Cc1ccc(-c2cc(C(C)(C)C)cc(C(C)(C)C)c2)cc1. The highest BCUT2D eigenvalue weighted by molar-refractivity contribution is 5.67. The van der Waals surface area contributed by atoms with E-state index < -0.39 is 0 Å². The Morgan fingerprint density at radius 3 is 1.52 bits per heavy atom. The van der Waals surface area contributed by atoms with E-state index in [2.05, 4.69) is 95.8 Å². The van der Waals surface area contributed by atoms with Crippen LogP contribution in [0.15, 0.2) is 42.5 Å². The van der Waals surface area contributed by atoms with Gasteiger partial charge in [0, 0.05) is 5.56 Å². The Labute approximate surface area is 142 Å². The Morgan fingerprint density at radius 1 is 0.652 bits per heavy atom. The molecule has 0 aliphatic rings. The third kappa shape index (κ3) is 4.26. The summed E-state index contributed by atoms with van der Waals surface area (Å²) in [7, 11) is 0. The quantitative estimate of drug-likeness (QED) is 0.541. The molecule has 2 rings (SSSR count). The van der Waals surface area contributed by atoms with Crippen molar-refractivity contribution < 1.29 is 0 Å². The van der Waals surface area contributed by atoms with Crippen molar-refractivity contribution >= 4 is 0 Å². The van der Waals surface area contributed by atoms with Gasteiger partial charge in [0.1, 0.15) is 0 Å². The zero-order valence-corrected chi connectivity index (χ0v) is 15.5. The first kappa shape index (κ1) is 17.4. The summed E-state index contributed by atoms with van der Waals surface area (Å²) < 4.78 is 0. The van der Waals surface area contributed by atoms with E-state index in [1.165, 1.54) is 22.3 Å². The minimum atomic E-state index is 0.142. The lowest BCUT2D eigenvalue weighted by molar-refractivity contribution is 0.569. The second kappa shape index (κ2) is 6.25. The fraction of sp³-hybridized carbons (Fsp3) is 0.391. The molecule has 0 heteroatoms. The van der Waals surface area contributed by atoms with E-state index in [1.807, 2.05) is 6.92 Å². The van der Waals surface area contributed by atoms with Crippen LogP contribution in [0.3, 0.4) is 0 Å². The van der Waals surface area contributed by atoms with Crippen molar-refractivity contribution in [3.63, 3.8) is 0 Å². The van der Waals surface area contributed by atoms with Crippen LogP contribution in [0, 0.1) is 11.8 Å². The normalized spacial score (nSPS) is 11.8. The number of rotatable bonds is 1. The summed E-state index contributed by atoms with van der Waals surface area (Å²) in [6, 6.07) is 15.6. The monoisotopic (exact) mass is 304 g/mol. The molecule has 2 aromatic rings. The maximum Gasteiger partial charge on any atom is 0.0245 e. The van der Waals surface area contributed by atoms with Gasteiger partial charge in [0.2, 0.25) is 0 Å². The average Bonchev–Trinajstić information content (AvgIpc) is 2.46. The standard InChI is InChI=1S/C23H28/c1-8-9-17-10-12-18(13-11-17)19-14-20(22(2,3)4)16-21(15-19)23(5,6)7/h10-16H,1-7H3. The van der Waals surface area contributed by atoms with Crippen LogP contribution < -0.4 is 0 Å². The molecular formula is C23H28. The van der Waals surface area contributed by atoms with Gasteiger partial charge in [-0.15, -0.1) is 5.92 Å². The molecule has 0 atom stereocenters. The fourth-order valence-electron chi connectivity index (χ4n) is 2.55. The van der Waals surface area contributed by atoms with Gasteiger partial charge >= 0.3 is 0 Å². The highest BCUT2D eigenvalue weighted by Gasteiger charge is 2.20. The molecule has 0 aliphatic carbocycles. The molecule has 0 aliphatic heterocycles. The van der Waals surface area contributed by atoms with Crippen molar-refractivity contribution in [1.29, 1.82) is 0 Å². The van der Waals surface area contributed by atoms with Crippen molar-refractivity contribution in [2.75, 3.05) is 0 Å². The number of hydrogen-bond donors (Lipinski definition) is 0. The number of hydrogen-bond acceptors (Lipinski definition) is 0. The molecule has 0 radical (unpaired) electrons. The predicted molar refractivity (Wildman–Crippen MR) is 102 cm³/mol. The first-order chi connectivity index (χ1) is 10.6. The molecule has 2 aromatic carbocycles. The molecule has 0 fully saturated rings. The molecule has 0 unspecified atom stereocenters. The maximum atomic E-state index is 3.11. The highest BCUT2D eigenvalue weighted by atomic mass is 14.2. The van der Waals surface area contributed by atoms with Gasteiger partial charge in [0.05, 0.1) is 0 Å². The van der Waals surface area contributed by atoms with Gasteiger partial charge in [-0.25, -0.2) is 0 Å². The van der Waals surface area contributed by atoms with E-state index in [0.29, 0.717) is 0 Å². The maximum absolute atomic E-state index is 3.11. The smallest absolute Gasteiger partial charge is 0.0245 e. The van der Waals surface area contributed by atoms with Gasteiger partial charge in [0.25, 0.3) is 0 Å². The molecule has 0 saturated heterocycles. The van der Waals surface area contributed by atoms with E-state index in [-0.39, 0.29) is 10.8 Å². The van der Waals surface area contributed by atoms with E-state index in [4.69, 9.17) is 0 Å². The average molecular weight is 304 g/mol. The lowest BCUT2D eigenvalue weighted by Crippen LogP contribution is -2.16. The first-order valence-electron chi connectivity index (χ1n) is 8.30. The summed E-state index contributed by atoms with van der Waals surface area (Å²) in [4.78, 5) is 0. The molecule has 23 heavy (non-hydrogen) atoms. The van der Waals surface area contributed by atoms with Crippen molar-refractivity contribution in [1.82, 2.24) is 0 Å². The highest BCUT2D eigenvalue weighted by Crippen LogP contribution is 2.33. The van der Waals surface area contributed by atoms with E-state index in [0.717, 1.165) is 5.56 Å². The summed E-state index contributed by atoms with van der Waals surface area (Å²) in [5, 5.41) is 0. The fourth-order valence-corrected chi connectivity index (χ4v) is 2.55. The van der Waals surface area contributed by atoms with Gasteiger partial charge in [-0.3, -0.25) is 0 Å². The van der Waals surface area contributed by atoms with Gasteiger partial charge in [-0.05, 0) is 52.1 Å². The van der Waals surface area contributed by atoms with E-state index in [1.54, 1.807) is 0 Å². The summed E-state index contributed by atoms with van der Waals surface area (Å²) in [6.45, 7) is 15.5. The van der Waals surface area contributed by atoms with Crippen molar-refractivity contribution in [2.24, 2.45) is 0 Å². The van der Waals surface area contributed by atoms with Crippen LogP contribution in [0.5, 0.6) is 0 Å². The Morgan fingerprint density at radius 2 is 1.13 bits per heavy atom. The van der Waals surface area contributed by atoms with Crippen molar-refractivity contribution in [3.05, 3.63) is 59.2 Å². The second-order valence-corrected chi connectivity index (χ2v) is 8.25. The minimum absolute atomic E-state index is 0.142. The van der Waals surface area contributed by atoms with Crippen LogP contribution in [-0.2, 0) is 10.8 Å². The third-order valence-corrected chi connectivity index (χ3v) is 4.15. The van der Waals surface area contributed by atoms with Gasteiger partial charge in [-0.2, -0.15) is 0 Å². The Bertz CT molecular complexity index is 704. The second-order valence-electron chi connectivity index (χ2n) is 8.25. The molecule has 120 valence electrons. The molecule has 0 amide bonds. The minimum Gasteiger partial charge on any atom is -0.101 e. The summed E-state index contributed by atoms with van der Waals surface area (Å²) >= 11 is 0. The first-order valence-corrected chi connectivity index (χ1v) is 8.30. The predicted octanol–water partition coefficient (Wildman–Crippen LogP) is 6.32. The van der Waals surface area contributed by atoms with Crippen LogP contribution in [-0.4, -0.2) is 0 Å². The number of benzene rings is 2. The van der Waals surface area contributed by atoms with E-state index in [9.17, 15) is 0 Å². The van der Waals surface area contributed by atoms with Crippen LogP contribution >= 0.6 is 0 Å². The van der Waals surface area contributed by atoms with Gasteiger partial charge < -0.3 is 0 Å².